The minimum atomic E-state index is -0.792. The summed E-state index contributed by atoms with van der Waals surface area (Å²) >= 11 is 1.62. The minimum Gasteiger partial charge on any atom is -0.495 e. The lowest BCUT2D eigenvalue weighted by atomic mass is 10.1. The number of carbonyl (C=O) groups is 2. The fourth-order valence-corrected chi connectivity index (χ4v) is 4.15. The summed E-state index contributed by atoms with van der Waals surface area (Å²) in [5.74, 6) is -0.649. The monoisotopic (exact) mass is 394 g/mol. The van der Waals surface area contributed by atoms with Crippen molar-refractivity contribution in [1.82, 2.24) is 15.5 Å². The largest absolute Gasteiger partial charge is 0.495 e. The molecule has 2 aromatic carbocycles. The highest BCUT2D eigenvalue weighted by molar-refractivity contribution is 7.22. The van der Waals surface area contributed by atoms with E-state index in [1.165, 1.54) is 14.0 Å². The van der Waals surface area contributed by atoms with E-state index in [1.54, 1.807) is 23.5 Å². The van der Waals surface area contributed by atoms with Gasteiger partial charge >= 0.3 is 0 Å². The number of nitrogens with two attached hydrogens (primary N) is 1. The number of nitrogens with zero attached hydrogens (tertiary/aromatic N) is 1. The SMILES string of the molecule is COc1c(C(=O)N[C@@H](C)C(N)=O)ccc2[nH]nc(-c3cc4ccccc4s3)c12. The van der Waals surface area contributed by atoms with Crippen LogP contribution in [-0.4, -0.2) is 35.2 Å². The maximum absolute atomic E-state index is 12.7. The van der Waals surface area contributed by atoms with Crippen molar-refractivity contribution in [3.8, 4) is 16.3 Å². The number of nitrogens with one attached hydrogen (secondary N) is 2. The lowest BCUT2D eigenvalue weighted by molar-refractivity contribution is -0.119. The summed E-state index contributed by atoms with van der Waals surface area (Å²) in [5.41, 5.74) is 7.02. The average Bonchev–Trinajstić information content (AvgIpc) is 3.30. The number of benzene rings is 2. The Morgan fingerprint density at radius 3 is 2.75 bits per heavy atom. The fourth-order valence-electron chi connectivity index (χ4n) is 3.10. The molecule has 0 radical (unpaired) electrons. The topological polar surface area (TPSA) is 110 Å². The summed E-state index contributed by atoms with van der Waals surface area (Å²) in [6.45, 7) is 1.53. The second-order valence-electron chi connectivity index (χ2n) is 6.39. The molecule has 7 nitrogen and oxygen atoms in total. The van der Waals surface area contributed by atoms with Gasteiger partial charge in [0.05, 0.1) is 28.5 Å². The molecule has 0 aliphatic carbocycles. The average molecular weight is 394 g/mol. The molecule has 4 aromatic rings. The highest BCUT2D eigenvalue weighted by atomic mass is 32.1. The van der Waals surface area contributed by atoms with Crippen molar-refractivity contribution >= 4 is 44.1 Å². The number of aromatic amines is 1. The first kappa shape index (κ1) is 18.0. The molecule has 28 heavy (non-hydrogen) atoms. The number of fused-ring (bicyclic) bond motifs is 2. The lowest BCUT2D eigenvalue weighted by Crippen LogP contribution is -2.42. The second kappa shape index (κ2) is 6.97. The van der Waals surface area contributed by atoms with Gasteiger partial charge in [0.15, 0.2) is 0 Å². The van der Waals surface area contributed by atoms with Gasteiger partial charge in [0.25, 0.3) is 5.91 Å². The number of methoxy groups -OCH3 is 1. The Bertz CT molecular complexity index is 1180. The number of rotatable bonds is 5. The standard InChI is InChI=1S/C20H18N4O3S/c1-10(19(21)25)22-20(26)12-7-8-13-16(18(12)27-2)17(24-23-13)15-9-11-5-3-4-6-14(11)28-15/h3-10H,1-2H3,(H2,21,25)(H,22,26)(H,23,24)/t10-/m0/s1. The van der Waals surface area contributed by atoms with Crippen LogP contribution >= 0.6 is 11.3 Å². The van der Waals surface area contributed by atoms with Crippen LogP contribution in [0, 0.1) is 0 Å². The molecule has 0 saturated heterocycles. The molecule has 0 saturated carbocycles. The van der Waals surface area contributed by atoms with Crippen molar-refractivity contribution in [3.05, 3.63) is 48.0 Å². The Kier molecular flexibility index (Phi) is 4.48. The molecule has 0 aliphatic heterocycles. The van der Waals surface area contributed by atoms with Gasteiger partial charge in [0.2, 0.25) is 5.91 Å². The van der Waals surface area contributed by atoms with E-state index < -0.39 is 17.9 Å². The molecule has 142 valence electrons. The number of thiophene rings is 1. The molecule has 8 heteroatoms. The summed E-state index contributed by atoms with van der Waals surface area (Å²) in [4.78, 5) is 24.9. The Morgan fingerprint density at radius 2 is 2.04 bits per heavy atom. The van der Waals surface area contributed by atoms with E-state index in [0.29, 0.717) is 22.4 Å². The highest BCUT2D eigenvalue weighted by Crippen LogP contribution is 2.40. The first-order valence-corrected chi connectivity index (χ1v) is 9.45. The summed E-state index contributed by atoms with van der Waals surface area (Å²) in [5, 5.41) is 11.9. The summed E-state index contributed by atoms with van der Waals surface area (Å²) < 4.78 is 6.73. The lowest BCUT2D eigenvalue weighted by Gasteiger charge is -2.13. The molecule has 0 bridgehead atoms. The van der Waals surface area contributed by atoms with Crippen LogP contribution in [-0.2, 0) is 4.79 Å². The number of H-pyrrole nitrogens is 1. The first-order chi connectivity index (χ1) is 13.5. The van der Waals surface area contributed by atoms with Crippen LogP contribution in [0.25, 0.3) is 31.6 Å². The molecule has 4 rings (SSSR count). The number of primary amides is 1. The van der Waals surface area contributed by atoms with Gasteiger partial charge in [-0.3, -0.25) is 14.7 Å². The van der Waals surface area contributed by atoms with Crippen molar-refractivity contribution in [2.75, 3.05) is 7.11 Å². The van der Waals surface area contributed by atoms with Gasteiger partial charge < -0.3 is 15.8 Å². The molecule has 2 aromatic heterocycles. The number of hydrogen-bond donors (Lipinski definition) is 3. The van der Waals surface area contributed by atoms with Crippen LogP contribution in [0.2, 0.25) is 0 Å². The normalized spacial score (nSPS) is 12.2. The molecular formula is C20H18N4O3S. The molecule has 2 heterocycles. The molecule has 0 unspecified atom stereocenters. The van der Waals surface area contributed by atoms with Crippen LogP contribution in [0.15, 0.2) is 42.5 Å². The van der Waals surface area contributed by atoms with Gasteiger partial charge in [-0.2, -0.15) is 5.10 Å². The molecule has 0 aliphatic rings. The molecular weight excluding hydrogens is 376 g/mol. The predicted octanol–water partition coefficient (Wildman–Crippen LogP) is 3.06. The Balaban J connectivity index is 1.85. The van der Waals surface area contributed by atoms with Gasteiger partial charge in [0.1, 0.15) is 17.5 Å². The molecule has 0 fully saturated rings. The van der Waals surface area contributed by atoms with Gasteiger partial charge in [-0.05, 0) is 36.6 Å². The number of hydrogen-bond acceptors (Lipinski definition) is 5. The molecule has 1 atom stereocenters. The van der Waals surface area contributed by atoms with Gasteiger partial charge in [-0.1, -0.05) is 18.2 Å². The number of carbonyl (C=O) groups excluding carboxylic acids is 2. The van der Waals surface area contributed by atoms with E-state index in [-0.39, 0.29) is 0 Å². The van der Waals surface area contributed by atoms with Crippen molar-refractivity contribution in [2.24, 2.45) is 5.73 Å². The first-order valence-electron chi connectivity index (χ1n) is 8.63. The van der Waals surface area contributed by atoms with E-state index >= 15 is 0 Å². The summed E-state index contributed by atoms with van der Waals surface area (Å²) in [7, 11) is 1.50. The van der Waals surface area contributed by atoms with Crippen molar-refractivity contribution in [2.45, 2.75) is 13.0 Å². The number of ether oxygens (including phenoxy) is 1. The third-order valence-corrected chi connectivity index (χ3v) is 5.69. The third kappa shape index (κ3) is 2.97. The van der Waals surface area contributed by atoms with Crippen LogP contribution in [0.5, 0.6) is 5.75 Å². The minimum absolute atomic E-state index is 0.312. The highest BCUT2D eigenvalue weighted by Gasteiger charge is 2.23. The predicted molar refractivity (Wildman–Crippen MR) is 110 cm³/mol. The Hall–Kier alpha value is -3.39. The second-order valence-corrected chi connectivity index (χ2v) is 7.47. The maximum Gasteiger partial charge on any atom is 0.255 e. The number of amides is 2. The van der Waals surface area contributed by atoms with E-state index in [0.717, 1.165) is 20.5 Å². The summed E-state index contributed by atoms with van der Waals surface area (Å²) in [6.07, 6.45) is 0. The van der Waals surface area contributed by atoms with Crippen molar-refractivity contribution in [3.63, 3.8) is 0 Å². The van der Waals surface area contributed by atoms with Gasteiger partial charge in [-0.15, -0.1) is 11.3 Å². The van der Waals surface area contributed by atoms with E-state index in [1.807, 2.05) is 18.2 Å². The molecule has 4 N–H and O–H groups in total. The van der Waals surface area contributed by atoms with E-state index in [9.17, 15) is 9.59 Å². The van der Waals surface area contributed by atoms with Crippen LogP contribution in [0.4, 0.5) is 0 Å². The zero-order valence-corrected chi connectivity index (χ0v) is 16.1. The maximum atomic E-state index is 12.7. The molecule has 0 spiro atoms. The van der Waals surface area contributed by atoms with Crippen LogP contribution < -0.4 is 15.8 Å². The third-order valence-electron chi connectivity index (χ3n) is 4.56. The Labute approximate surface area is 164 Å². The van der Waals surface area contributed by atoms with Crippen LogP contribution in [0.3, 0.4) is 0 Å². The zero-order chi connectivity index (χ0) is 19.8. The Morgan fingerprint density at radius 1 is 1.25 bits per heavy atom. The van der Waals surface area contributed by atoms with E-state index in [4.69, 9.17) is 10.5 Å². The van der Waals surface area contributed by atoms with Crippen molar-refractivity contribution < 1.29 is 14.3 Å². The quantitative estimate of drug-likeness (QED) is 0.483. The van der Waals surface area contributed by atoms with E-state index in [2.05, 4.69) is 27.6 Å². The zero-order valence-electron chi connectivity index (χ0n) is 15.3. The molecule has 2 amide bonds. The number of aromatic nitrogens is 2. The van der Waals surface area contributed by atoms with Crippen molar-refractivity contribution in [1.29, 1.82) is 0 Å². The summed E-state index contributed by atoms with van der Waals surface area (Å²) in [6, 6.07) is 12.8. The van der Waals surface area contributed by atoms with Crippen LogP contribution in [0.1, 0.15) is 17.3 Å². The fraction of sp³-hybridized carbons (Fsp3) is 0.150. The van der Waals surface area contributed by atoms with Gasteiger partial charge in [0, 0.05) is 4.70 Å². The van der Waals surface area contributed by atoms with Gasteiger partial charge in [-0.25, -0.2) is 0 Å². The smallest absolute Gasteiger partial charge is 0.255 e.